The highest BCUT2D eigenvalue weighted by molar-refractivity contribution is 5.96. The molecule has 0 radical (unpaired) electrons. The lowest BCUT2D eigenvalue weighted by molar-refractivity contribution is 0.0730. The second-order valence-corrected chi connectivity index (χ2v) is 5.66. The molecular formula is C19H20N2O3. The van der Waals surface area contributed by atoms with Crippen molar-refractivity contribution in [2.24, 2.45) is 0 Å². The normalized spacial score (nSPS) is 16.8. The number of aliphatic hydroxyl groups is 1. The van der Waals surface area contributed by atoms with Gasteiger partial charge >= 0.3 is 0 Å². The lowest BCUT2D eigenvalue weighted by atomic mass is 10.0. The first kappa shape index (κ1) is 16.2. The molecule has 1 atom stereocenters. The molecule has 2 N–H and O–H groups in total. The van der Waals surface area contributed by atoms with Crippen molar-refractivity contribution in [3.8, 4) is 11.1 Å². The summed E-state index contributed by atoms with van der Waals surface area (Å²) in [6, 6.07) is 17.2. The van der Waals surface area contributed by atoms with E-state index in [0.717, 1.165) is 16.8 Å². The Morgan fingerprint density at radius 2 is 1.83 bits per heavy atom. The van der Waals surface area contributed by atoms with Crippen LogP contribution in [0.15, 0.2) is 66.5 Å². The highest BCUT2D eigenvalue weighted by atomic mass is 16.6. The monoisotopic (exact) mass is 324 g/mol. The van der Waals surface area contributed by atoms with Crippen molar-refractivity contribution in [3.05, 3.63) is 72.1 Å². The summed E-state index contributed by atoms with van der Waals surface area (Å²) in [5, 5.41) is 9.52. The largest absolute Gasteiger partial charge is 0.394 e. The summed E-state index contributed by atoms with van der Waals surface area (Å²) in [5.41, 5.74) is 6.26. The first-order valence-corrected chi connectivity index (χ1v) is 7.81. The van der Waals surface area contributed by atoms with Crippen LogP contribution in [0.3, 0.4) is 0 Å². The maximum atomic E-state index is 12.7. The van der Waals surface area contributed by atoms with Crippen LogP contribution in [-0.4, -0.2) is 35.7 Å². The van der Waals surface area contributed by atoms with Crippen LogP contribution in [-0.2, 0) is 4.84 Å². The number of aliphatic hydroxyl groups excluding tert-OH is 1. The highest BCUT2D eigenvalue weighted by Gasteiger charge is 2.29. The minimum Gasteiger partial charge on any atom is -0.394 e. The van der Waals surface area contributed by atoms with Crippen LogP contribution >= 0.6 is 0 Å². The first-order chi connectivity index (χ1) is 11.7. The van der Waals surface area contributed by atoms with E-state index in [2.05, 4.69) is 5.48 Å². The fraction of sp³-hybridized carbons (Fsp3) is 0.211. The summed E-state index contributed by atoms with van der Waals surface area (Å²) < 4.78 is 0. The molecule has 3 rings (SSSR count). The van der Waals surface area contributed by atoms with E-state index >= 15 is 0 Å². The molecule has 0 bridgehead atoms. The van der Waals surface area contributed by atoms with Gasteiger partial charge in [-0.25, -0.2) is 0 Å². The fourth-order valence-corrected chi connectivity index (χ4v) is 2.84. The van der Waals surface area contributed by atoms with E-state index < -0.39 is 0 Å². The summed E-state index contributed by atoms with van der Waals surface area (Å²) in [6.07, 6.45) is 2.23. The number of nitrogens with zero attached hydrogens (tertiary/aromatic N) is 1. The summed E-state index contributed by atoms with van der Waals surface area (Å²) >= 11 is 0. The van der Waals surface area contributed by atoms with Crippen LogP contribution in [0, 0.1) is 0 Å². The smallest absolute Gasteiger partial charge is 0.258 e. The molecule has 0 aliphatic carbocycles. The van der Waals surface area contributed by atoms with Gasteiger partial charge in [-0.3, -0.25) is 15.1 Å². The molecule has 0 fully saturated rings. The second-order valence-electron chi connectivity index (χ2n) is 5.66. The first-order valence-electron chi connectivity index (χ1n) is 7.81. The third-order valence-corrected chi connectivity index (χ3v) is 4.06. The zero-order valence-corrected chi connectivity index (χ0v) is 13.5. The highest BCUT2D eigenvalue weighted by Crippen LogP contribution is 2.24. The Morgan fingerprint density at radius 1 is 1.17 bits per heavy atom. The van der Waals surface area contributed by atoms with Gasteiger partial charge in [0.1, 0.15) is 0 Å². The lowest BCUT2D eigenvalue weighted by Crippen LogP contribution is -2.35. The number of hydrogen-bond acceptors (Lipinski definition) is 4. The number of benzene rings is 2. The van der Waals surface area contributed by atoms with Gasteiger partial charge < -0.3 is 10.0 Å². The average Bonchev–Trinajstić information content (AvgIpc) is 3.05. The van der Waals surface area contributed by atoms with Crippen molar-refractivity contribution in [2.75, 3.05) is 13.7 Å². The molecule has 0 aromatic heterocycles. The number of nitrogens with one attached hydrogen (secondary N) is 1. The van der Waals surface area contributed by atoms with Gasteiger partial charge in [-0.05, 0) is 23.3 Å². The number of carbonyl (C=O) groups excluding carboxylic acids is 1. The Balaban J connectivity index is 1.80. The Labute approximate surface area is 141 Å². The van der Waals surface area contributed by atoms with Crippen molar-refractivity contribution in [2.45, 2.75) is 12.5 Å². The second kappa shape index (κ2) is 7.29. The maximum Gasteiger partial charge on any atom is 0.258 e. The molecule has 0 saturated heterocycles. The average molecular weight is 324 g/mol. The standard InChI is InChI=1S/C19H20N2O3/c1-24-20-17-11-18(13-22)21(12-17)19(23)16-9-7-15(8-10-16)14-5-3-2-4-6-14/h2-10,12,18,20,22H,11,13H2,1H3/t18-/m0/s1. The Morgan fingerprint density at radius 3 is 2.46 bits per heavy atom. The van der Waals surface area contributed by atoms with Gasteiger partial charge in [-0.2, -0.15) is 0 Å². The van der Waals surface area contributed by atoms with E-state index in [-0.39, 0.29) is 18.6 Å². The number of hydrogen-bond donors (Lipinski definition) is 2. The molecule has 0 spiro atoms. The molecule has 1 heterocycles. The third-order valence-electron chi connectivity index (χ3n) is 4.06. The van der Waals surface area contributed by atoms with Gasteiger partial charge in [0, 0.05) is 18.2 Å². The van der Waals surface area contributed by atoms with Gasteiger partial charge in [-0.15, -0.1) is 0 Å². The van der Waals surface area contributed by atoms with Crippen LogP contribution < -0.4 is 5.48 Å². The molecule has 0 saturated carbocycles. The van der Waals surface area contributed by atoms with Crippen molar-refractivity contribution in [3.63, 3.8) is 0 Å². The molecule has 2 aromatic carbocycles. The minimum absolute atomic E-state index is 0.0980. The molecular weight excluding hydrogens is 304 g/mol. The number of carbonyl (C=O) groups is 1. The molecule has 1 aliphatic rings. The van der Waals surface area contributed by atoms with Gasteiger partial charge in [0.25, 0.3) is 5.91 Å². The number of rotatable bonds is 5. The molecule has 2 aromatic rings. The van der Waals surface area contributed by atoms with Gasteiger partial charge in [0.15, 0.2) is 0 Å². The lowest BCUT2D eigenvalue weighted by Gasteiger charge is -2.21. The minimum atomic E-state index is -0.274. The van der Waals surface area contributed by atoms with E-state index in [4.69, 9.17) is 4.84 Å². The zero-order valence-electron chi connectivity index (χ0n) is 13.5. The number of amides is 1. The third kappa shape index (κ3) is 3.32. The van der Waals surface area contributed by atoms with Crippen molar-refractivity contribution >= 4 is 5.91 Å². The van der Waals surface area contributed by atoms with Gasteiger partial charge in [0.2, 0.25) is 0 Å². The van der Waals surface area contributed by atoms with E-state index in [1.54, 1.807) is 11.1 Å². The molecule has 5 heteroatoms. The van der Waals surface area contributed by atoms with Gasteiger partial charge in [-0.1, -0.05) is 42.5 Å². The van der Waals surface area contributed by atoms with E-state index in [0.29, 0.717) is 12.0 Å². The van der Waals surface area contributed by atoms with Crippen LogP contribution in [0.1, 0.15) is 16.8 Å². The summed E-state index contributed by atoms with van der Waals surface area (Å²) in [6.45, 7) is -0.0980. The van der Waals surface area contributed by atoms with E-state index in [9.17, 15) is 9.90 Å². The quantitative estimate of drug-likeness (QED) is 0.830. The maximum absolute atomic E-state index is 12.7. The Bertz CT molecular complexity index is 726. The fourth-order valence-electron chi connectivity index (χ4n) is 2.84. The molecule has 124 valence electrons. The molecule has 24 heavy (non-hydrogen) atoms. The summed E-state index contributed by atoms with van der Waals surface area (Å²) in [4.78, 5) is 19.1. The van der Waals surface area contributed by atoms with Crippen LogP contribution in [0.4, 0.5) is 0 Å². The van der Waals surface area contributed by atoms with Crippen LogP contribution in [0.2, 0.25) is 0 Å². The molecule has 1 aliphatic heterocycles. The predicted molar refractivity (Wildman–Crippen MR) is 91.8 cm³/mol. The zero-order chi connectivity index (χ0) is 16.9. The molecule has 5 nitrogen and oxygen atoms in total. The van der Waals surface area contributed by atoms with E-state index in [1.165, 1.54) is 7.11 Å². The number of hydroxylamine groups is 1. The SMILES string of the molecule is CONC1=CN(C(=O)c2ccc(-c3ccccc3)cc2)[C@H](CO)C1. The van der Waals surface area contributed by atoms with Crippen molar-refractivity contribution in [1.29, 1.82) is 0 Å². The molecule has 1 amide bonds. The summed E-state index contributed by atoms with van der Waals surface area (Å²) in [5.74, 6) is -0.137. The predicted octanol–water partition coefficient (Wildman–Crippen LogP) is 2.55. The Kier molecular flexibility index (Phi) is 4.93. The molecule has 0 unspecified atom stereocenters. The van der Waals surface area contributed by atoms with Crippen LogP contribution in [0.25, 0.3) is 11.1 Å². The topological polar surface area (TPSA) is 61.8 Å². The van der Waals surface area contributed by atoms with Crippen molar-refractivity contribution < 1.29 is 14.7 Å². The van der Waals surface area contributed by atoms with Crippen molar-refractivity contribution in [1.82, 2.24) is 10.4 Å². The van der Waals surface area contributed by atoms with E-state index in [1.807, 2.05) is 54.6 Å². The Hall–Kier alpha value is -2.63. The van der Waals surface area contributed by atoms with Gasteiger partial charge in [0.05, 0.1) is 25.5 Å². The summed E-state index contributed by atoms with van der Waals surface area (Å²) in [7, 11) is 1.52. The van der Waals surface area contributed by atoms with Crippen LogP contribution in [0.5, 0.6) is 0 Å².